The van der Waals surface area contributed by atoms with Crippen molar-refractivity contribution in [1.29, 1.82) is 0 Å². The van der Waals surface area contributed by atoms with Crippen molar-refractivity contribution in [2.24, 2.45) is 4.99 Å². The van der Waals surface area contributed by atoms with Gasteiger partial charge in [-0.25, -0.2) is 0 Å². The largest absolute Gasteiger partial charge is 0.497 e. The molecule has 2 aromatic carbocycles. The third-order valence-corrected chi connectivity index (χ3v) is 3.23. The van der Waals surface area contributed by atoms with Crippen molar-refractivity contribution in [1.82, 2.24) is 0 Å². The summed E-state index contributed by atoms with van der Waals surface area (Å²) in [5.41, 5.74) is 1.89. The topological polar surface area (TPSA) is 30.8 Å². The fraction of sp³-hybridized carbons (Fsp3) is 0.133. The smallest absolute Gasteiger partial charge is 0.133 e. The molecule has 0 spiro atoms. The Morgan fingerprint density at radius 3 is 2.32 bits per heavy atom. The van der Waals surface area contributed by atoms with Crippen LogP contribution in [0.1, 0.15) is 5.56 Å². The van der Waals surface area contributed by atoms with Crippen molar-refractivity contribution >= 4 is 27.8 Å². The fourth-order valence-corrected chi connectivity index (χ4v) is 2.14. The first-order valence-corrected chi connectivity index (χ1v) is 6.54. The Labute approximate surface area is 121 Å². The van der Waals surface area contributed by atoms with Crippen molar-refractivity contribution < 1.29 is 9.47 Å². The van der Waals surface area contributed by atoms with Gasteiger partial charge in [-0.3, -0.25) is 4.99 Å². The molecule has 19 heavy (non-hydrogen) atoms. The lowest BCUT2D eigenvalue weighted by Gasteiger charge is -2.03. The second kappa shape index (κ2) is 6.38. The average Bonchev–Trinajstić information content (AvgIpc) is 2.46. The Bertz CT molecular complexity index is 579. The first-order valence-electron chi connectivity index (χ1n) is 5.74. The van der Waals surface area contributed by atoms with E-state index < -0.39 is 0 Å². The molecule has 0 aliphatic rings. The number of nitrogens with zero attached hydrogens (tertiary/aromatic N) is 1. The quantitative estimate of drug-likeness (QED) is 0.790. The minimum absolute atomic E-state index is 0.807. The summed E-state index contributed by atoms with van der Waals surface area (Å²) in [5, 5.41) is 0. The highest BCUT2D eigenvalue weighted by Crippen LogP contribution is 2.25. The monoisotopic (exact) mass is 319 g/mol. The van der Waals surface area contributed by atoms with E-state index in [2.05, 4.69) is 20.9 Å². The normalized spacial score (nSPS) is 10.7. The SMILES string of the molecule is COc1ccc(N=Cc2ccc(OC)c(Br)c2)cc1. The second-order valence-electron chi connectivity index (χ2n) is 3.85. The van der Waals surface area contributed by atoms with Crippen LogP contribution >= 0.6 is 15.9 Å². The summed E-state index contributed by atoms with van der Waals surface area (Å²) in [5.74, 6) is 1.63. The van der Waals surface area contributed by atoms with E-state index >= 15 is 0 Å². The Morgan fingerprint density at radius 1 is 1.00 bits per heavy atom. The fourth-order valence-electron chi connectivity index (χ4n) is 1.58. The molecule has 3 nitrogen and oxygen atoms in total. The molecule has 0 aromatic heterocycles. The zero-order chi connectivity index (χ0) is 13.7. The summed E-state index contributed by atoms with van der Waals surface area (Å²) >= 11 is 3.45. The van der Waals surface area contributed by atoms with Crippen LogP contribution in [-0.4, -0.2) is 20.4 Å². The summed E-state index contributed by atoms with van der Waals surface area (Å²) in [4.78, 5) is 4.41. The van der Waals surface area contributed by atoms with Crippen molar-refractivity contribution in [2.45, 2.75) is 0 Å². The lowest BCUT2D eigenvalue weighted by Crippen LogP contribution is -1.86. The molecule has 0 heterocycles. The van der Waals surface area contributed by atoms with Gasteiger partial charge in [-0.1, -0.05) is 0 Å². The van der Waals surface area contributed by atoms with Crippen molar-refractivity contribution in [3.63, 3.8) is 0 Å². The molecule has 2 aromatic rings. The first kappa shape index (κ1) is 13.6. The van der Waals surface area contributed by atoms with Gasteiger partial charge in [-0.15, -0.1) is 0 Å². The van der Waals surface area contributed by atoms with Gasteiger partial charge in [0.15, 0.2) is 0 Å². The van der Waals surface area contributed by atoms with E-state index in [1.807, 2.05) is 48.7 Å². The van der Waals surface area contributed by atoms with Crippen LogP contribution < -0.4 is 9.47 Å². The molecule has 0 bridgehead atoms. The van der Waals surface area contributed by atoms with Crippen LogP contribution in [0.2, 0.25) is 0 Å². The van der Waals surface area contributed by atoms with E-state index in [1.54, 1.807) is 14.2 Å². The minimum atomic E-state index is 0.807. The number of methoxy groups -OCH3 is 2. The summed E-state index contributed by atoms with van der Waals surface area (Å²) in [6.45, 7) is 0. The Kier molecular flexibility index (Phi) is 4.58. The molecule has 2 rings (SSSR count). The minimum Gasteiger partial charge on any atom is -0.497 e. The number of hydrogen-bond donors (Lipinski definition) is 0. The number of halogens is 1. The summed E-state index contributed by atoms with van der Waals surface area (Å²) in [6.07, 6.45) is 1.81. The van der Waals surface area contributed by atoms with Crippen LogP contribution in [0.4, 0.5) is 5.69 Å². The van der Waals surface area contributed by atoms with Crippen LogP contribution in [0.15, 0.2) is 51.9 Å². The number of ether oxygens (including phenoxy) is 2. The van der Waals surface area contributed by atoms with Gasteiger partial charge in [0.25, 0.3) is 0 Å². The Hall–Kier alpha value is -1.81. The zero-order valence-electron chi connectivity index (χ0n) is 10.8. The molecule has 0 saturated carbocycles. The maximum Gasteiger partial charge on any atom is 0.133 e. The third kappa shape index (κ3) is 3.58. The van der Waals surface area contributed by atoms with Gasteiger partial charge >= 0.3 is 0 Å². The van der Waals surface area contributed by atoms with E-state index in [4.69, 9.17) is 9.47 Å². The lowest BCUT2D eigenvalue weighted by molar-refractivity contribution is 0.412. The molecule has 0 radical (unpaired) electrons. The molecule has 0 amide bonds. The van der Waals surface area contributed by atoms with Crippen LogP contribution in [0, 0.1) is 0 Å². The van der Waals surface area contributed by atoms with Crippen LogP contribution in [0.25, 0.3) is 0 Å². The summed E-state index contributed by atoms with van der Waals surface area (Å²) < 4.78 is 11.2. The molecule has 0 aliphatic heterocycles. The first-order chi connectivity index (χ1) is 9.22. The van der Waals surface area contributed by atoms with Gasteiger partial charge in [-0.05, 0) is 64.0 Å². The molecule has 98 valence electrons. The predicted octanol–water partition coefficient (Wildman–Crippen LogP) is 4.22. The van der Waals surface area contributed by atoms with Crippen molar-refractivity contribution in [3.05, 3.63) is 52.5 Å². The van der Waals surface area contributed by atoms with E-state index in [0.29, 0.717) is 0 Å². The maximum absolute atomic E-state index is 5.18. The molecule has 0 N–H and O–H groups in total. The van der Waals surface area contributed by atoms with Gasteiger partial charge in [0.1, 0.15) is 11.5 Å². The van der Waals surface area contributed by atoms with Gasteiger partial charge in [-0.2, -0.15) is 0 Å². The highest BCUT2D eigenvalue weighted by molar-refractivity contribution is 9.10. The number of benzene rings is 2. The Morgan fingerprint density at radius 2 is 1.74 bits per heavy atom. The van der Waals surface area contributed by atoms with Gasteiger partial charge < -0.3 is 9.47 Å². The molecule has 0 unspecified atom stereocenters. The molecule has 0 saturated heterocycles. The highest BCUT2D eigenvalue weighted by Gasteiger charge is 1.99. The molecule has 4 heteroatoms. The van der Waals surface area contributed by atoms with E-state index in [0.717, 1.165) is 27.2 Å². The van der Waals surface area contributed by atoms with Gasteiger partial charge in [0.2, 0.25) is 0 Å². The average molecular weight is 320 g/mol. The zero-order valence-corrected chi connectivity index (χ0v) is 12.3. The third-order valence-electron chi connectivity index (χ3n) is 2.61. The standard InChI is InChI=1S/C15H14BrNO2/c1-18-13-6-4-12(5-7-13)17-10-11-3-8-15(19-2)14(16)9-11/h3-10H,1-2H3. The van der Waals surface area contributed by atoms with E-state index in [1.165, 1.54) is 0 Å². The predicted molar refractivity (Wildman–Crippen MR) is 80.9 cm³/mol. The lowest BCUT2D eigenvalue weighted by atomic mass is 10.2. The summed E-state index contributed by atoms with van der Waals surface area (Å²) in [6, 6.07) is 13.4. The van der Waals surface area contributed by atoms with Crippen molar-refractivity contribution in [3.8, 4) is 11.5 Å². The summed E-state index contributed by atoms with van der Waals surface area (Å²) in [7, 11) is 3.29. The molecule has 0 atom stereocenters. The van der Waals surface area contributed by atoms with Gasteiger partial charge in [0.05, 0.1) is 24.4 Å². The molecular weight excluding hydrogens is 306 g/mol. The van der Waals surface area contributed by atoms with Crippen LogP contribution in [-0.2, 0) is 0 Å². The van der Waals surface area contributed by atoms with Crippen LogP contribution in [0.3, 0.4) is 0 Å². The number of rotatable bonds is 4. The molecule has 0 fully saturated rings. The number of hydrogen-bond acceptors (Lipinski definition) is 3. The van der Waals surface area contributed by atoms with E-state index in [-0.39, 0.29) is 0 Å². The van der Waals surface area contributed by atoms with E-state index in [9.17, 15) is 0 Å². The van der Waals surface area contributed by atoms with Crippen molar-refractivity contribution in [2.75, 3.05) is 14.2 Å². The molecular formula is C15H14BrNO2. The molecule has 0 aliphatic carbocycles. The number of aliphatic imine (C=N–C) groups is 1. The Balaban J connectivity index is 2.15. The highest BCUT2D eigenvalue weighted by atomic mass is 79.9. The van der Waals surface area contributed by atoms with Crippen LogP contribution in [0.5, 0.6) is 11.5 Å². The maximum atomic E-state index is 5.18. The van der Waals surface area contributed by atoms with Gasteiger partial charge in [0, 0.05) is 6.21 Å². The second-order valence-corrected chi connectivity index (χ2v) is 4.70.